The zero-order valence-corrected chi connectivity index (χ0v) is 13.8. The Labute approximate surface area is 127 Å². The summed E-state index contributed by atoms with van der Waals surface area (Å²) in [7, 11) is -1.57. The Morgan fingerprint density at radius 3 is 2.33 bits per heavy atom. The van der Waals surface area contributed by atoms with Gasteiger partial charge in [0.15, 0.2) is 0 Å². The molecule has 0 heterocycles. The molecule has 2 rings (SSSR count). The fraction of sp³-hybridized carbons (Fsp3) is 0.235. The lowest BCUT2D eigenvalue weighted by Gasteiger charge is -2.20. The number of carbonyl (C=O) groups excluding carboxylic acids is 1. The summed E-state index contributed by atoms with van der Waals surface area (Å²) in [6.07, 6.45) is 0. The van der Waals surface area contributed by atoms with E-state index in [1.54, 1.807) is 0 Å². The van der Waals surface area contributed by atoms with Gasteiger partial charge in [-0.05, 0) is 22.9 Å². The van der Waals surface area contributed by atoms with Gasteiger partial charge in [-0.3, -0.25) is 4.79 Å². The molecule has 0 aromatic heterocycles. The van der Waals surface area contributed by atoms with Crippen molar-refractivity contribution in [3.8, 4) is 0 Å². The van der Waals surface area contributed by atoms with E-state index in [1.807, 2.05) is 42.5 Å². The topological polar surface area (TPSA) is 55.1 Å². The third-order valence-corrected chi connectivity index (χ3v) is 5.52. The molecule has 0 aliphatic heterocycles. The first-order valence-electron chi connectivity index (χ1n) is 7.12. The van der Waals surface area contributed by atoms with Gasteiger partial charge < -0.3 is 11.1 Å². The molecule has 21 heavy (non-hydrogen) atoms. The molecule has 0 atom stereocenters. The summed E-state index contributed by atoms with van der Waals surface area (Å²) in [5, 5.41) is 4.17. The molecule has 0 fully saturated rings. The lowest BCUT2D eigenvalue weighted by atomic mass is 10.1. The number of hydrogen-bond acceptors (Lipinski definition) is 2. The molecule has 1 amide bonds. The van der Waals surface area contributed by atoms with E-state index in [1.165, 1.54) is 5.19 Å². The van der Waals surface area contributed by atoms with Crippen molar-refractivity contribution >= 4 is 24.9 Å². The van der Waals surface area contributed by atoms with Crippen LogP contribution in [0.15, 0.2) is 48.5 Å². The lowest BCUT2D eigenvalue weighted by Crippen LogP contribution is -2.42. The Morgan fingerprint density at radius 1 is 1.05 bits per heavy atom. The molecule has 3 nitrogen and oxygen atoms in total. The standard InChI is InChI=1S/C17H22N2OSi/c1-21(2,3)16-11-7-5-9-14(16)17(20)19-15-10-6-4-8-13(15)12-18/h4-11H,12,18H2,1-3H3,(H,19,20). The monoisotopic (exact) mass is 298 g/mol. The maximum absolute atomic E-state index is 12.6. The number of anilines is 1. The highest BCUT2D eigenvalue weighted by atomic mass is 28.3. The predicted molar refractivity (Wildman–Crippen MR) is 91.7 cm³/mol. The molecule has 0 saturated carbocycles. The molecule has 0 aliphatic carbocycles. The molecular weight excluding hydrogens is 276 g/mol. The molecule has 4 heteroatoms. The minimum atomic E-state index is -1.57. The van der Waals surface area contributed by atoms with Gasteiger partial charge in [-0.25, -0.2) is 0 Å². The van der Waals surface area contributed by atoms with Gasteiger partial charge in [0.2, 0.25) is 0 Å². The van der Waals surface area contributed by atoms with E-state index in [2.05, 4.69) is 31.0 Å². The van der Waals surface area contributed by atoms with Crippen LogP contribution >= 0.6 is 0 Å². The molecule has 110 valence electrons. The summed E-state index contributed by atoms with van der Waals surface area (Å²) in [5.74, 6) is -0.0612. The van der Waals surface area contributed by atoms with E-state index in [9.17, 15) is 4.79 Å². The Hall–Kier alpha value is -1.91. The van der Waals surface area contributed by atoms with Crippen molar-refractivity contribution < 1.29 is 4.79 Å². The number of benzene rings is 2. The van der Waals surface area contributed by atoms with Gasteiger partial charge >= 0.3 is 0 Å². The van der Waals surface area contributed by atoms with E-state index < -0.39 is 8.07 Å². The minimum absolute atomic E-state index is 0.0612. The summed E-state index contributed by atoms with van der Waals surface area (Å²) in [5.41, 5.74) is 8.22. The molecule has 0 unspecified atom stereocenters. The third kappa shape index (κ3) is 3.59. The van der Waals surface area contributed by atoms with Gasteiger partial charge in [0.1, 0.15) is 0 Å². The number of amides is 1. The van der Waals surface area contributed by atoms with E-state index in [0.29, 0.717) is 6.54 Å². The SMILES string of the molecule is C[Si](C)(C)c1ccccc1C(=O)Nc1ccccc1CN. The lowest BCUT2D eigenvalue weighted by molar-refractivity contribution is 0.102. The second-order valence-electron chi connectivity index (χ2n) is 6.11. The zero-order chi connectivity index (χ0) is 15.5. The summed E-state index contributed by atoms with van der Waals surface area (Å²) < 4.78 is 0. The maximum atomic E-state index is 12.6. The van der Waals surface area contributed by atoms with E-state index in [0.717, 1.165) is 16.8 Å². The van der Waals surface area contributed by atoms with Gasteiger partial charge in [-0.2, -0.15) is 0 Å². The molecule has 0 aliphatic rings. The number of carbonyl (C=O) groups is 1. The van der Waals surface area contributed by atoms with Gasteiger partial charge in [-0.15, -0.1) is 0 Å². The summed E-state index contributed by atoms with van der Waals surface area (Å²) >= 11 is 0. The average molecular weight is 298 g/mol. The van der Waals surface area contributed by atoms with Gasteiger partial charge in [0.05, 0.1) is 8.07 Å². The van der Waals surface area contributed by atoms with Crippen LogP contribution in [0.25, 0.3) is 0 Å². The van der Waals surface area contributed by atoms with E-state index in [-0.39, 0.29) is 5.91 Å². The van der Waals surface area contributed by atoms with Crippen LogP contribution in [-0.4, -0.2) is 14.0 Å². The Bertz CT molecular complexity index is 647. The normalized spacial score (nSPS) is 11.2. The van der Waals surface area contributed by atoms with Crippen molar-refractivity contribution in [2.24, 2.45) is 5.73 Å². The van der Waals surface area contributed by atoms with Gasteiger partial charge in [0, 0.05) is 17.8 Å². The highest BCUT2D eigenvalue weighted by Gasteiger charge is 2.23. The number of para-hydroxylation sites is 1. The van der Waals surface area contributed by atoms with Crippen molar-refractivity contribution in [2.45, 2.75) is 26.2 Å². The number of nitrogens with one attached hydrogen (secondary N) is 1. The highest BCUT2D eigenvalue weighted by Crippen LogP contribution is 2.16. The largest absolute Gasteiger partial charge is 0.326 e. The van der Waals surface area contributed by atoms with Crippen LogP contribution in [0.2, 0.25) is 19.6 Å². The molecule has 0 bridgehead atoms. The average Bonchev–Trinajstić information content (AvgIpc) is 2.47. The van der Waals surface area contributed by atoms with Gasteiger partial charge in [-0.1, -0.05) is 56.0 Å². The predicted octanol–water partition coefficient (Wildman–Crippen LogP) is 2.94. The summed E-state index contributed by atoms with van der Waals surface area (Å²) in [6.45, 7) is 7.14. The molecule has 2 aromatic rings. The van der Waals surface area contributed by atoms with Crippen LogP contribution in [0.1, 0.15) is 15.9 Å². The second kappa shape index (κ2) is 6.24. The highest BCUT2D eigenvalue weighted by molar-refractivity contribution is 6.89. The fourth-order valence-corrected chi connectivity index (χ4v) is 3.95. The number of rotatable bonds is 4. The van der Waals surface area contributed by atoms with Crippen LogP contribution in [-0.2, 0) is 6.54 Å². The van der Waals surface area contributed by atoms with Crippen molar-refractivity contribution in [3.05, 3.63) is 59.7 Å². The first-order valence-corrected chi connectivity index (χ1v) is 10.6. The maximum Gasteiger partial charge on any atom is 0.255 e. The Balaban J connectivity index is 2.34. The molecule has 0 spiro atoms. The smallest absolute Gasteiger partial charge is 0.255 e. The first-order chi connectivity index (χ1) is 9.93. The molecular formula is C17H22N2OSi. The molecule has 0 radical (unpaired) electrons. The van der Waals surface area contributed by atoms with Crippen LogP contribution in [0.3, 0.4) is 0 Å². The third-order valence-electron chi connectivity index (χ3n) is 3.47. The van der Waals surface area contributed by atoms with E-state index >= 15 is 0 Å². The van der Waals surface area contributed by atoms with Crippen LogP contribution < -0.4 is 16.2 Å². The zero-order valence-electron chi connectivity index (χ0n) is 12.8. The first kappa shape index (κ1) is 15.5. The second-order valence-corrected chi connectivity index (χ2v) is 11.1. The van der Waals surface area contributed by atoms with Crippen molar-refractivity contribution in [3.63, 3.8) is 0 Å². The number of hydrogen-bond donors (Lipinski definition) is 2. The van der Waals surface area contributed by atoms with E-state index in [4.69, 9.17) is 5.73 Å². The van der Waals surface area contributed by atoms with Crippen LogP contribution in [0, 0.1) is 0 Å². The summed E-state index contributed by atoms with van der Waals surface area (Å²) in [6, 6.07) is 15.5. The quantitative estimate of drug-likeness (QED) is 0.853. The van der Waals surface area contributed by atoms with Crippen molar-refractivity contribution in [2.75, 3.05) is 5.32 Å². The molecule has 2 aromatic carbocycles. The Kier molecular flexibility index (Phi) is 4.60. The summed E-state index contributed by atoms with van der Waals surface area (Å²) in [4.78, 5) is 12.6. The van der Waals surface area contributed by atoms with Crippen molar-refractivity contribution in [1.82, 2.24) is 0 Å². The minimum Gasteiger partial charge on any atom is -0.326 e. The van der Waals surface area contributed by atoms with Crippen LogP contribution in [0.4, 0.5) is 5.69 Å². The van der Waals surface area contributed by atoms with Gasteiger partial charge in [0.25, 0.3) is 5.91 Å². The molecule has 0 saturated heterocycles. The Morgan fingerprint density at radius 2 is 1.67 bits per heavy atom. The van der Waals surface area contributed by atoms with Crippen molar-refractivity contribution in [1.29, 1.82) is 0 Å². The molecule has 3 N–H and O–H groups in total. The number of nitrogens with two attached hydrogens (primary N) is 1. The van der Waals surface area contributed by atoms with Crippen LogP contribution in [0.5, 0.6) is 0 Å². The fourth-order valence-electron chi connectivity index (χ4n) is 2.35.